The first-order valence-electron chi connectivity index (χ1n) is 26.0. The van der Waals surface area contributed by atoms with Crippen molar-refractivity contribution in [1.29, 1.82) is 0 Å². The summed E-state index contributed by atoms with van der Waals surface area (Å²) in [6.07, 6.45) is 10.5. The number of aryl methyl sites for hydroxylation is 5. The van der Waals surface area contributed by atoms with Crippen LogP contribution in [0.4, 0.5) is 25.2 Å². The average Bonchev–Trinajstić information content (AvgIpc) is 3.97. The van der Waals surface area contributed by atoms with Crippen LogP contribution in [0.2, 0.25) is 0 Å². The molecule has 0 bridgehead atoms. The first-order chi connectivity index (χ1) is 36.5. The third kappa shape index (κ3) is 14.1. The molecule has 2 atom stereocenters. The zero-order valence-corrected chi connectivity index (χ0v) is 42.6. The number of fused-ring (bicyclic) bond motifs is 2. The summed E-state index contributed by atoms with van der Waals surface area (Å²) >= 11 is 0. The lowest BCUT2D eigenvalue weighted by Crippen LogP contribution is -2.36. The van der Waals surface area contributed by atoms with Crippen molar-refractivity contribution >= 4 is 29.6 Å². The number of nitrogens with zero attached hydrogens (tertiary/aromatic N) is 6. The minimum Gasteiger partial charge on any atom is -0.505 e. The molecule has 0 saturated carbocycles. The second kappa shape index (κ2) is 25.9. The SMILES string of the molecule is CCOC(=O)C[C@@H](c1ccc(O)c(F)c1)N1CCN(CCCc2ccc3c(n2)NCCC3)C1=O.CCOC(=O)C[C@@H](c1ccc(OCc2ccccc2)c(F)c1)n1ccn(CCCc2ccc3c(n2)NCCC3)c1=O. The summed E-state index contributed by atoms with van der Waals surface area (Å²) in [5, 5.41) is 16.2. The summed E-state index contributed by atoms with van der Waals surface area (Å²) in [5.74, 6) is -0.720. The van der Waals surface area contributed by atoms with E-state index in [1.807, 2.05) is 30.3 Å². The zero-order chi connectivity index (χ0) is 52.7. The standard InChI is InChI=1S/C32H35FN4O4.C25H31FN4O4/c1-2-40-30(38)21-28(25-13-15-29(27(33)20-25)41-22-23-8-4-3-5-9-23)37-19-18-36(32(37)39)17-7-11-26-14-12-24-10-6-16-34-31(24)35-26;1-2-34-23(32)16-21(18-8-10-22(31)20(26)15-18)30-14-13-29(25(30)33)12-4-6-19-9-7-17-5-3-11-27-24(17)28-19/h3-5,8-9,12-15,18-20,28H,2,6-7,10-11,16-17,21-22H2,1H3,(H,34,35);7-10,15,21,31H,2-6,11-14,16H2,1H3,(H,27,28)/t28-;21-/m00/s1. The Balaban J connectivity index is 0.000000203. The van der Waals surface area contributed by atoms with Gasteiger partial charge in [-0.3, -0.25) is 18.7 Å². The average molecular weight is 1030 g/mol. The number of phenols is 1. The van der Waals surface area contributed by atoms with Crippen molar-refractivity contribution in [3.05, 3.63) is 165 Å². The van der Waals surface area contributed by atoms with Crippen LogP contribution in [-0.4, -0.2) is 97.9 Å². The van der Waals surface area contributed by atoms with E-state index >= 15 is 4.39 Å². The van der Waals surface area contributed by atoms with Crippen LogP contribution in [0.25, 0.3) is 0 Å². The lowest BCUT2D eigenvalue weighted by Gasteiger charge is -2.28. The molecule has 6 heterocycles. The monoisotopic (exact) mass is 1030 g/mol. The molecule has 75 heavy (non-hydrogen) atoms. The molecule has 18 heteroatoms. The van der Waals surface area contributed by atoms with Gasteiger partial charge in [-0.25, -0.2) is 28.3 Å². The molecule has 3 aromatic carbocycles. The minimum absolute atomic E-state index is 0.0797. The number of ether oxygens (including phenoxy) is 3. The zero-order valence-electron chi connectivity index (χ0n) is 42.6. The molecule has 3 N–H and O–H groups in total. The van der Waals surface area contributed by atoms with Crippen LogP contribution in [0.3, 0.4) is 0 Å². The Labute approximate surface area is 435 Å². The number of urea groups is 1. The third-order valence-electron chi connectivity index (χ3n) is 13.6. The van der Waals surface area contributed by atoms with Gasteiger partial charge < -0.3 is 39.8 Å². The van der Waals surface area contributed by atoms with Gasteiger partial charge in [0.25, 0.3) is 0 Å². The molecular formula is C57H66F2N8O8. The Bertz CT molecular complexity index is 2970. The number of pyridine rings is 2. The van der Waals surface area contributed by atoms with Crippen molar-refractivity contribution in [2.45, 2.75) is 103 Å². The number of carbonyl (C=O) groups excluding carboxylic acids is 3. The lowest BCUT2D eigenvalue weighted by molar-refractivity contribution is -0.145. The highest BCUT2D eigenvalue weighted by Gasteiger charge is 2.36. The number of amides is 2. The fraction of sp³-hybridized carbons (Fsp3) is 0.404. The first-order valence-corrected chi connectivity index (χ1v) is 26.0. The van der Waals surface area contributed by atoms with Crippen LogP contribution in [0, 0.1) is 11.6 Å². The summed E-state index contributed by atoms with van der Waals surface area (Å²) < 4.78 is 48.1. The normalized spacial score (nSPS) is 14.6. The third-order valence-corrected chi connectivity index (χ3v) is 13.6. The Morgan fingerprint density at radius 2 is 1.31 bits per heavy atom. The molecule has 0 aliphatic carbocycles. The Kier molecular flexibility index (Phi) is 18.5. The Hall–Kier alpha value is -7.76. The van der Waals surface area contributed by atoms with Gasteiger partial charge in [-0.05, 0) is 129 Å². The topological polar surface area (TPSA) is 182 Å². The molecule has 396 valence electrons. The molecule has 6 aromatic rings. The van der Waals surface area contributed by atoms with Crippen LogP contribution in [-0.2, 0) is 57.9 Å². The highest BCUT2D eigenvalue weighted by molar-refractivity contribution is 5.79. The van der Waals surface area contributed by atoms with E-state index < -0.39 is 41.4 Å². The number of aromatic hydroxyl groups is 1. The van der Waals surface area contributed by atoms with E-state index in [1.165, 1.54) is 46.0 Å². The quantitative estimate of drug-likeness (QED) is 0.0583. The molecule has 16 nitrogen and oxygen atoms in total. The van der Waals surface area contributed by atoms with Crippen LogP contribution in [0.1, 0.15) is 104 Å². The molecule has 3 aliphatic rings. The van der Waals surface area contributed by atoms with Gasteiger partial charge in [0.05, 0.1) is 38.1 Å². The number of hydrogen-bond donors (Lipinski definition) is 3. The number of anilines is 2. The van der Waals surface area contributed by atoms with Gasteiger partial charge in [0.15, 0.2) is 23.1 Å². The fourth-order valence-electron chi connectivity index (χ4n) is 9.68. The molecule has 3 aromatic heterocycles. The van der Waals surface area contributed by atoms with Crippen molar-refractivity contribution in [2.75, 3.05) is 56.6 Å². The van der Waals surface area contributed by atoms with Crippen molar-refractivity contribution in [1.82, 2.24) is 28.9 Å². The predicted octanol–water partition coefficient (Wildman–Crippen LogP) is 8.95. The number of imidazole rings is 1. The molecule has 1 saturated heterocycles. The van der Waals surface area contributed by atoms with E-state index in [2.05, 4.69) is 34.9 Å². The Morgan fingerprint density at radius 1 is 0.707 bits per heavy atom. The van der Waals surface area contributed by atoms with Crippen molar-refractivity contribution in [3.63, 3.8) is 0 Å². The number of aromatic nitrogens is 4. The molecule has 1 fully saturated rings. The molecule has 0 unspecified atom stereocenters. The highest BCUT2D eigenvalue weighted by Crippen LogP contribution is 2.32. The molecule has 9 rings (SSSR count). The second-order valence-corrected chi connectivity index (χ2v) is 18.8. The molecule has 0 spiro atoms. The Morgan fingerprint density at radius 3 is 1.93 bits per heavy atom. The van der Waals surface area contributed by atoms with Gasteiger partial charge in [-0.2, -0.15) is 0 Å². The van der Waals surface area contributed by atoms with Crippen molar-refractivity contribution < 1.29 is 42.5 Å². The van der Waals surface area contributed by atoms with E-state index in [9.17, 15) is 28.7 Å². The number of nitrogens with one attached hydrogen (secondary N) is 2. The molecule has 2 amide bonds. The number of halogens is 2. The summed E-state index contributed by atoms with van der Waals surface area (Å²) in [6, 6.07) is 24.8. The van der Waals surface area contributed by atoms with Gasteiger partial charge in [-0.15, -0.1) is 0 Å². The number of benzene rings is 3. The molecule has 0 radical (unpaired) electrons. The maximum absolute atomic E-state index is 15.1. The lowest BCUT2D eigenvalue weighted by atomic mass is 10.0. The summed E-state index contributed by atoms with van der Waals surface area (Å²) in [4.78, 5) is 64.1. The van der Waals surface area contributed by atoms with Crippen LogP contribution in [0.15, 0.2) is 108 Å². The van der Waals surface area contributed by atoms with Gasteiger partial charge in [-0.1, -0.05) is 54.6 Å². The minimum atomic E-state index is -0.790. The molecular weight excluding hydrogens is 963 g/mol. The first kappa shape index (κ1) is 53.5. The van der Waals surface area contributed by atoms with Crippen LogP contribution in [0.5, 0.6) is 11.5 Å². The predicted molar refractivity (Wildman–Crippen MR) is 280 cm³/mol. The number of carbonyl (C=O) groups is 3. The van der Waals surface area contributed by atoms with Gasteiger partial charge >= 0.3 is 23.7 Å². The number of esters is 2. The van der Waals surface area contributed by atoms with Crippen LogP contribution >= 0.6 is 0 Å². The highest BCUT2D eigenvalue weighted by atomic mass is 19.1. The maximum Gasteiger partial charge on any atom is 0.328 e. The van der Waals surface area contributed by atoms with Crippen molar-refractivity contribution in [2.24, 2.45) is 0 Å². The fourth-order valence-corrected chi connectivity index (χ4v) is 9.68. The van der Waals surface area contributed by atoms with E-state index in [4.69, 9.17) is 24.2 Å². The number of rotatable bonds is 21. The summed E-state index contributed by atoms with van der Waals surface area (Å²) in [7, 11) is 0. The summed E-state index contributed by atoms with van der Waals surface area (Å²) in [5.41, 5.74) is 6.05. The van der Waals surface area contributed by atoms with E-state index in [-0.39, 0.29) is 50.1 Å². The van der Waals surface area contributed by atoms with Gasteiger partial charge in [0.2, 0.25) is 0 Å². The van der Waals surface area contributed by atoms with Gasteiger partial charge in [0.1, 0.15) is 18.2 Å². The van der Waals surface area contributed by atoms with Gasteiger partial charge in [0, 0.05) is 63.1 Å². The summed E-state index contributed by atoms with van der Waals surface area (Å²) in [6.45, 7) is 7.99. The smallest absolute Gasteiger partial charge is 0.328 e. The van der Waals surface area contributed by atoms with E-state index in [0.717, 1.165) is 93.0 Å². The van der Waals surface area contributed by atoms with E-state index in [0.29, 0.717) is 37.3 Å². The van der Waals surface area contributed by atoms with Crippen LogP contribution < -0.4 is 21.1 Å². The van der Waals surface area contributed by atoms with Crippen molar-refractivity contribution in [3.8, 4) is 11.5 Å². The van der Waals surface area contributed by atoms with E-state index in [1.54, 1.807) is 46.7 Å². The molecule has 3 aliphatic heterocycles. The number of hydrogen-bond acceptors (Lipinski definition) is 12. The maximum atomic E-state index is 15.1. The second-order valence-electron chi connectivity index (χ2n) is 18.8. The number of phenolic OH excluding ortho intramolecular Hbond substituents is 1. The largest absolute Gasteiger partial charge is 0.505 e.